The summed E-state index contributed by atoms with van der Waals surface area (Å²) in [6, 6.07) is 3.28. The largest absolute Gasteiger partial charge is 0.493 e. The van der Waals surface area contributed by atoms with Gasteiger partial charge in [0.05, 0.1) is 21.3 Å². The van der Waals surface area contributed by atoms with Gasteiger partial charge in [0, 0.05) is 16.4 Å². The zero-order valence-corrected chi connectivity index (χ0v) is 14.7. The molecule has 1 amide bonds. The SMILES string of the molecule is COc1cc(C(=O)NC(C)(C)CCBr)cc(OC)c1OC. The third-order valence-electron chi connectivity index (χ3n) is 3.10. The maximum Gasteiger partial charge on any atom is 0.251 e. The molecule has 1 aromatic rings. The van der Waals surface area contributed by atoms with Gasteiger partial charge in [0.1, 0.15) is 0 Å². The van der Waals surface area contributed by atoms with Crippen LogP contribution in [0.4, 0.5) is 0 Å². The molecule has 0 heterocycles. The van der Waals surface area contributed by atoms with E-state index in [1.165, 1.54) is 21.3 Å². The van der Waals surface area contributed by atoms with Crippen LogP contribution >= 0.6 is 15.9 Å². The van der Waals surface area contributed by atoms with Crippen LogP contribution in [0.25, 0.3) is 0 Å². The minimum Gasteiger partial charge on any atom is -0.493 e. The van der Waals surface area contributed by atoms with Gasteiger partial charge in [0.15, 0.2) is 11.5 Å². The van der Waals surface area contributed by atoms with Crippen molar-refractivity contribution < 1.29 is 19.0 Å². The Bertz CT molecular complexity index is 477. The summed E-state index contributed by atoms with van der Waals surface area (Å²) in [5.74, 6) is 1.21. The van der Waals surface area contributed by atoms with E-state index in [4.69, 9.17) is 14.2 Å². The molecule has 0 aliphatic heterocycles. The van der Waals surface area contributed by atoms with Gasteiger partial charge in [-0.2, -0.15) is 0 Å². The number of nitrogens with one attached hydrogen (secondary N) is 1. The van der Waals surface area contributed by atoms with E-state index < -0.39 is 0 Å². The fraction of sp³-hybridized carbons (Fsp3) is 0.533. The maximum atomic E-state index is 12.4. The Labute approximate surface area is 134 Å². The van der Waals surface area contributed by atoms with Gasteiger partial charge in [0.2, 0.25) is 5.75 Å². The molecule has 1 aromatic carbocycles. The number of carbonyl (C=O) groups excluding carboxylic acids is 1. The Balaban J connectivity index is 3.10. The number of methoxy groups -OCH3 is 3. The summed E-state index contributed by atoms with van der Waals surface area (Å²) < 4.78 is 15.8. The lowest BCUT2D eigenvalue weighted by molar-refractivity contribution is 0.0911. The average Bonchev–Trinajstić information content (AvgIpc) is 2.44. The topological polar surface area (TPSA) is 56.8 Å². The summed E-state index contributed by atoms with van der Waals surface area (Å²) in [6.45, 7) is 3.95. The Morgan fingerprint density at radius 3 is 2.05 bits per heavy atom. The molecule has 0 unspecified atom stereocenters. The molecule has 0 aliphatic rings. The minimum absolute atomic E-state index is 0.180. The number of carbonyl (C=O) groups is 1. The first-order valence-corrected chi connectivity index (χ1v) is 7.69. The molecule has 1 rings (SSSR count). The molecule has 118 valence electrons. The van der Waals surface area contributed by atoms with Gasteiger partial charge in [0.25, 0.3) is 5.91 Å². The second-order valence-electron chi connectivity index (χ2n) is 5.19. The molecular formula is C15H22BrNO4. The van der Waals surface area contributed by atoms with E-state index in [2.05, 4.69) is 21.2 Å². The number of ether oxygens (including phenoxy) is 3. The van der Waals surface area contributed by atoms with Crippen LogP contribution in [-0.2, 0) is 0 Å². The predicted octanol–water partition coefficient (Wildman–Crippen LogP) is 3.01. The number of halogens is 1. The van der Waals surface area contributed by atoms with Gasteiger partial charge in [-0.15, -0.1) is 0 Å². The Kier molecular flexibility index (Phi) is 6.33. The summed E-state index contributed by atoms with van der Waals surface area (Å²) in [6.07, 6.45) is 0.823. The molecule has 0 saturated carbocycles. The molecule has 21 heavy (non-hydrogen) atoms. The number of amides is 1. The van der Waals surface area contributed by atoms with Crippen LogP contribution in [0.15, 0.2) is 12.1 Å². The van der Waals surface area contributed by atoms with Crippen LogP contribution < -0.4 is 19.5 Å². The highest BCUT2D eigenvalue weighted by Gasteiger charge is 2.23. The number of alkyl halides is 1. The van der Waals surface area contributed by atoms with E-state index in [0.717, 1.165) is 11.8 Å². The smallest absolute Gasteiger partial charge is 0.251 e. The van der Waals surface area contributed by atoms with Gasteiger partial charge in [-0.25, -0.2) is 0 Å². The van der Waals surface area contributed by atoms with Gasteiger partial charge in [-0.3, -0.25) is 4.79 Å². The highest BCUT2D eigenvalue weighted by atomic mass is 79.9. The molecule has 0 aliphatic carbocycles. The van der Waals surface area contributed by atoms with E-state index in [1.807, 2.05) is 13.8 Å². The predicted molar refractivity (Wildman–Crippen MR) is 86.1 cm³/mol. The van der Waals surface area contributed by atoms with Crippen LogP contribution in [0.2, 0.25) is 0 Å². The average molecular weight is 360 g/mol. The second-order valence-corrected chi connectivity index (χ2v) is 5.98. The van der Waals surface area contributed by atoms with Crippen LogP contribution in [0.3, 0.4) is 0 Å². The summed E-state index contributed by atoms with van der Waals surface area (Å²) in [7, 11) is 4.57. The molecular weight excluding hydrogens is 338 g/mol. The van der Waals surface area contributed by atoms with Gasteiger partial charge in [-0.1, -0.05) is 15.9 Å². The zero-order valence-electron chi connectivity index (χ0n) is 13.1. The molecule has 0 atom stereocenters. The summed E-state index contributed by atoms with van der Waals surface area (Å²) >= 11 is 3.39. The van der Waals surface area contributed by atoms with Gasteiger partial charge >= 0.3 is 0 Å². The van der Waals surface area contributed by atoms with Crippen molar-refractivity contribution in [3.63, 3.8) is 0 Å². The first-order chi connectivity index (χ1) is 9.88. The van der Waals surface area contributed by atoms with E-state index >= 15 is 0 Å². The van der Waals surface area contributed by atoms with Gasteiger partial charge < -0.3 is 19.5 Å². The minimum atomic E-state index is -0.305. The first kappa shape index (κ1) is 17.6. The Morgan fingerprint density at radius 2 is 1.67 bits per heavy atom. The van der Waals surface area contributed by atoms with Crippen molar-refractivity contribution in [3.8, 4) is 17.2 Å². The van der Waals surface area contributed by atoms with Crippen LogP contribution in [-0.4, -0.2) is 38.1 Å². The number of hydrogen-bond acceptors (Lipinski definition) is 4. The highest BCUT2D eigenvalue weighted by Crippen LogP contribution is 2.38. The fourth-order valence-corrected chi connectivity index (χ4v) is 2.88. The monoisotopic (exact) mass is 359 g/mol. The molecule has 1 N–H and O–H groups in total. The van der Waals surface area contributed by atoms with Crippen molar-refractivity contribution in [1.29, 1.82) is 0 Å². The van der Waals surface area contributed by atoms with Crippen molar-refractivity contribution in [2.45, 2.75) is 25.8 Å². The van der Waals surface area contributed by atoms with E-state index in [-0.39, 0.29) is 11.4 Å². The van der Waals surface area contributed by atoms with Crippen molar-refractivity contribution in [2.75, 3.05) is 26.7 Å². The summed E-state index contributed by atoms with van der Waals surface area (Å²) in [5, 5.41) is 3.81. The summed E-state index contributed by atoms with van der Waals surface area (Å²) in [5.41, 5.74) is 0.160. The van der Waals surface area contributed by atoms with E-state index in [0.29, 0.717) is 22.8 Å². The van der Waals surface area contributed by atoms with Crippen molar-refractivity contribution in [1.82, 2.24) is 5.32 Å². The molecule has 0 saturated heterocycles. The molecule has 0 aromatic heterocycles. The van der Waals surface area contributed by atoms with E-state index in [1.54, 1.807) is 12.1 Å². The first-order valence-electron chi connectivity index (χ1n) is 6.57. The molecule has 0 bridgehead atoms. The van der Waals surface area contributed by atoms with Crippen LogP contribution in [0.1, 0.15) is 30.6 Å². The van der Waals surface area contributed by atoms with E-state index in [9.17, 15) is 4.79 Å². The van der Waals surface area contributed by atoms with Crippen LogP contribution in [0, 0.1) is 0 Å². The summed E-state index contributed by atoms with van der Waals surface area (Å²) in [4.78, 5) is 12.4. The molecule has 0 spiro atoms. The van der Waals surface area contributed by atoms with Crippen molar-refractivity contribution in [2.24, 2.45) is 0 Å². The number of benzene rings is 1. The zero-order chi connectivity index (χ0) is 16.0. The molecule has 0 radical (unpaired) electrons. The normalized spacial score (nSPS) is 11.0. The van der Waals surface area contributed by atoms with Crippen LogP contribution in [0.5, 0.6) is 17.2 Å². The Morgan fingerprint density at radius 1 is 1.14 bits per heavy atom. The Hall–Kier alpha value is -1.43. The number of rotatable bonds is 7. The third-order valence-corrected chi connectivity index (χ3v) is 3.49. The third kappa shape index (κ3) is 4.52. The quantitative estimate of drug-likeness (QED) is 0.760. The maximum absolute atomic E-state index is 12.4. The standard InChI is InChI=1S/C15H22BrNO4/c1-15(2,6-7-16)17-14(18)10-8-11(19-3)13(21-5)12(9-10)20-4/h8-9H,6-7H2,1-5H3,(H,17,18). The molecule has 0 fully saturated rings. The second kappa shape index (κ2) is 7.54. The van der Waals surface area contributed by atoms with Crippen molar-refractivity contribution >= 4 is 21.8 Å². The van der Waals surface area contributed by atoms with Crippen molar-refractivity contribution in [3.05, 3.63) is 17.7 Å². The lowest BCUT2D eigenvalue weighted by Crippen LogP contribution is -2.43. The highest BCUT2D eigenvalue weighted by molar-refractivity contribution is 9.09. The molecule has 6 heteroatoms. The number of hydrogen-bond donors (Lipinski definition) is 1. The molecule has 5 nitrogen and oxygen atoms in total. The fourth-order valence-electron chi connectivity index (χ4n) is 1.89. The lowest BCUT2D eigenvalue weighted by Gasteiger charge is -2.25. The van der Waals surface area contributed by atoms with Gasteiger partial charge in [-0.05, 0) is 32.4 Å². The lowest BCUT2D eigenvalue weighted by atomic mass is 10.0.